The molecular formula is C25H23FN4O4S. The average Bonchev–Trinajstić information content (AvgIpc) is 2.85. The molecule has 0 bridgehead atoms. The first kappa shape index (κ1) is 24.4. The highest BCUT2D eigenvalue weighted by molar-refractivity contribution is 7.91. The normalized spacial score (nSPS) is 12.4. The fourth-order valence-corrected chi connectivity index (χ4v) is 4.71. The number of benzene rings is 2. The maximum atomic E-state index is 14.1. The van der Waals surface area contributed by atoms with E-state index in [4.69, 9.17) is 4.74 Å². The predicted molar refractivity (Wildman–Crippen MR) is 128 cm³/mol. The number of aromatic nitrogens is 4. The van der Waals surface area contributed by atoms with Crippen LogP contribution in [0.3, 0.4) is 0 Å². The molecule has 35 heavy (non-hydrogen) atoms. The van der Waals surface area contributed by atoms with E-state index in [9.17, 15) is 17.6 Å². The van der Waals surface area contributed by atoms with E-state index in [-0.39, 0.29) is 29.8 Å². The van der Waals surface area contributed by atoms with Gasteiger partial charge in [0, 0.05) is 29.2 Å². The molecule has 0 spiro atoms. The van der Waals surface area contributed by atoms with Crippen molar-refractivity contribution in [2.75, 3.05) is 5.75 Å². The molecule has 180 valence electrons. The van der Waals surface area contributed by atoms with Crippen molar-refractivity contribution in [1.29, 1.82) is 0 Å². The van der Waals surface area contributed by atoms with Gasteiger partial charge in [-0.15, -0.1) is 0 Å². The van der Waals surface area contributed by atoms with Crippen LogP contribution in [0.5, 0.6) is 0 Å². The SMILES string of the molecule is Cc1cc(-c2cnc(=O)[nH]c2)nc(S(=O)(=O)CCC(OCc2ccccc2F)c2ccccc2)n1. The molecule has 2 aromatic carbocycles. The van der Waals surface area contributed by atoms with E-state index in [1.165, 1.54) is 18.5 Å². The van der Waals surface area contributed by atoms with Gasteiger partial charge in [-0.05, 0) is 31.0 Å². The van der Waals surface area contributed by atoms with Gasteiger partial charge >= 0.3 is 5.69 Å². The summed E-state index contributed by atoms with van der Waals surface area (Å²) < 4.78 is 46.4. The Bertz CT molecular complexity index is 1460. The maximum Gasteiger partial charge on any atom is 0.344 e. The number of halogens is 1. The quantitative estimate of drug-likeness (QED) is 0.352. The van der Waals surface area contributed by atoms with Crippen molar-refractivity contribution in [3.05, 3.63) is 106 Å². The van der Waals surface area contributed by atoms with Crippen LogP contribution in [0, 0.1) is 12.7 Å². The zero-order chi connectivity index (χ0) is 24.8. The summed E-state index contributed by atoms with van der Waals surface area (Å²) in [5.41, 5.74) is 1.89. The lowest BCUT2D eigenvalue weighted by molar-refractivity contribution is 0.0361. The predicted octanol–water partition coefficient (Wildman–Crippen LogP) is 3.80. The topological polar surface area (TPSA) is 115 Å². The molecule has 10 heteroatoms. The Balaban J connectivity index is 1.55. The van der Waals surface area contributed by atoms with Gasteiger partial charge in [-0.3, -0.25) is 0 Å². The molecular weight excluding hydrogens is 471 g/mol. The average molecular weight is 495 g/mol. The Kier molecular flexibility index (Phi) is 7.42. The standard InChI is InChI=1S/C25H23FN4O4S/c1-17-13-22(20-14-27-24(31)28-15-20)30-25(29-17)35(32,33)12-11-23(18-7-3-2-4-8-18)34-16-19-9-5-6-10-21(19)26/h2-10,13-15,23H,11-12,16H2,1H3,(H,27,28,31). The van der Waals surface area contributed by atoms with Crippen LogP contribution in [0.4, 0.5) is 4.39 Å². The van der Waals surface area contributed by atoms with E-state index in [2.05, 4.69) is 19.9 Å². The van der Waals surface area contributed by atoms with Gasteiger partial charge in [0.05, 0.1) is 24.2 Å². The molecule has 1 N–H and O–H groups in total. The van der Waals surface area contributed by atoms with Gasteiger partial charge in [-0.1, -0.05) is 48.5 Å². The van der Waals surface area contributed by atoms with Crippen molar-refractivity contribution in [3.63, 3.8) is 0 Å². The number of hydrogen-bond acceptors (Lipinski definition) is 7. The number of rotatable bonds is 9. The van der Waals surface area contributed by atoms with Crippen LogP contribution in [0.15, 0.2) is 83.0 Å². The molecule has 1 atom stereocenters. The van der Waals surface area contributed by atoms with Crippen LogP contribution in [0.25, 0.3) is 11.3 Å². The van der Waals surface area contributed by atoms with Crippen molar-refractivity contribution in [1.82, 2.24) is 19.9 Å². The van der Waals surface area contributed by atoms with Crippen LogP contribution in [-0.2, 0) is 21.2 Å². The van der Waals surface area contributed by atoms with E-state index >= 15 is 0 Å². The minimum Gasteiger partial charge on any atom is -0.369 e. The number of nitrogens with zero attached hydrogens (tertiary/aromatic N) is 3. The highest BCUT2D eigenvalue weighted by Gasteiger charge is 2.23. The van der Waals surface area contributed by atoms with Crippen molar-refractivity contribution >= 4 is 9.84 Å². The maximum absolute atomic E-state index is 14.1. The van der Waals surface area contributed by atoms with Crippen LogP contribution in [0.1, 0.15) is 29.3 Å². The monoisotopic (exact) mass is 494 g/mol. The molecule has 0 aliphatic carbocycles. The lowest BCUT2D eigenvalue weighted by Crippen LogP contribution is -2.16. The van der Waals surface area contributed by atoms with Crippen molar-refractivity contribution in [2.45, 2.75) is 31.2 Å². The van der Waals surface area contributed by atoms with Crippen LogP contribution >= 0.6 is 0 Å². The lowest BCUT2D eigenvalue weighted by Gasteiger charge is -2.19. The second-order valence-electron chi connectivity index (χ2n) is 7.89. The summed E-state index contributed by atoms with van der Waals surface area (Å²) >= 11 is 0. The molecule has 0 saturated carbocycles. The van der Waals surface area contributed by atoms with Crippen LogP contribution < -0.4 is 5.69 Å². The van der Waals surface area contributed by atoms with E-state index in [0.29, 0.717) is 22.5 Å². The van der Waals surface area contributed by atoms with Gasteiger partial charge in [0.25, 0.3) is 0 Å². The van der Waals surface area contributed by atoms with Crippen molar-refractivity contribution in [2.24, 2.45) is 0 Å². The fraction of sp³-hybridized carbons (Fsp3) is 0.200. The smallest absolute Gasteiger partial charge is 0.344 e. The van der Waals surface area contributed by atoms with E-state index in [0.717, 1.165) is 5.56 Å². The van der Waals surface area contributed by atoms with E-state index in [1.807, 2.05) is 30.3 Å². The molecule has 0 radical (unpaired) electrons. The molecule has 1 unspecified atom stereocenters. The molecule has 4 aromatic rings. The number of nitrogens with one attached hydrogen (secondary N) is 1. The molecule has 0 aliphatic heterocycles. The number of H-pyrrole nitrogens is 1. The van der Waals surface area contributed by atoms with Gasteiger partial charge in [-0.2, -0.15) is 0 Å². The molecule has 0 aliphatic rings. The van der Waals surface area contributed by atoms with Crippen molar-refractivity contribution in [3.8, 4) is 11.3 Å². The first-order valence-corrected chi connectivity index (χ1v) is 12.5. The van der Waals surface area contributed by atoms with Crippen LogP contribution in [-0.4, -0.2) is 34.1 Å². The molecule has 2 heterocycles. The summed E-state index contributed by atoms with van der Waals surface area (Å²) in [6, 6.07) is 17.1. The molecule has 0 amide bonds. The van der Waals surface area contributed by atoms with E-state index < -0.39 is 21.6 Å². The molecule has 0 saturated heterocycles. The number of hydrogen-bond donors (Lipinski definition) is 1. The van der Waals surface area contributed by atoms with Gasteiger partial charge in [0.1, 0.15) is 5.82 Å². The number of aromatic amines is 1. The van der Waals surface area contributed by atoms with Gasteiger partial charge in [0.15, 0.2) is 0 Å². The summed E-state index contributed by atoms with van der Waals surface area (Å²) in [6.07, 6.45) is 2.26. The Morgan fingerprint density at radius 1 is 1.06 bits per heavy atom. The fourth-order valence-electron chi connectivity index (χ4n) is 3.48. The van der Waals surface area contributed by atoms with Crippen LogP contribution in [0.2, 0.25) is 0 Å². The minimum atomic E-state index is -3.88. The summed E-state index contributed by atoms with van der Waals surface area (Å²) in [5.74, 6) is -0.666. The summed E-state index contributed by atoms with van der Waals surface area (Å²) in [4.78, 5) is 25.7. The van der Waals surface area contributed by atoms with Gasteiger partial charge in [-0.25, -0.2) is 32.6 Å². The largest absolute Gasteiger partial charge is 0.369 e. The Hall–Kier alpha value is -3.76. The first-order chi connectivity index (χ1) is 16.8. The third kappa shape index (κ3) is 6.23. The van der Waals surface area contributed by atoms with E-state index in [1.54, 1.807) is 31.2 Å². The molecule has 2 aromatic heterocycles. The Morgan fingerprint density at radius 2 is 1.80 bits per heavy atom. The number of sulfone groups is 1. The third-order valence-electron chi connectivity index (χ3n) is 5.30. The second-order valence-corrected chi connectivity index (χ2v) is 9.90. The summed E-state index contributed by atoms with van der Waals surface area (Å²) in [7, 11) is -3.88. The molecule has 4 rings (SSSR count). The summed E-state index contributed by atoms with van der Waals surface area (Å²) in [5, 5.41) is -0.320. The third-order valence-corrected chi connectivity index (χ3v) is 6.81. The minimum absolute atomic E-state index is 0.00339. The summed E-state index contributed by atoms with van der Waals surface area (Å²) in [6.45, 7) is 1.66. The first-order valence-electron chi connectivity index (χ1n) is 10.9. The zero-order valence-corrected chi connectivity index (χ0v) is 19.7. The Morgan fingerprint density at radius 3 is 2.51 bits per heavy atom. The van der Waals surface area contributed by atoms with Gasteiger partial charge in [0.2, 0.25) is 15.0 Å². The highest BCUT2D eigenvalue weighted by Crippen LogP contribution is 2.26. The molecule has 0 fully saturated rings. The second kappa shape index (κ2) is 10.7. The number of ether oxygens (including phenoxy) is 1. The number of aryl methyl sites for hydroxylation is 1. The van der Waals surface area contributed by atoms with Gasteiger partial charge < -0.3 is 9.72 Å². The molecule has 8 nitrogen and oxygen atoms in total. The highest BCUT2D eigenvalue weighted by atomic mass is 32.2. The zero-order valence-electron chi connectivity index (χ0n) is 18.9. The Labute approximate surface area is 201 Å². The van der Waals surface area contributed by atoms with Crippen molar-refractivity contribution < 1.29 is 17.5 Å². The lowest BCUT2D eigenvalue weighted by atomic mass is 10.1.